The molecule has 0 saturated carbocycles. The number of aryl methyl sites for hydroxylation is 1. The van der Waals surface area contributed by atoms with Crippen molar-refractivity contribution in [1.29, 1.82) is 0 Å². The number of benzene rings is 2. The first kappa shape index (κ1) is 15.9. The molecule has 0 aliphatic rings. The number of hydrogen-bond donors (Lipinski definition) is 0. The molecule has 4 heteroatoms. The van der Waals surface area contributed by atoms with E-state index in [9.17, 15) is 0 Å². The Morgan fingerprint density at radius 1 is 0.792 bits per heavy atom. The lowest BCUT2D eigenvalue weighted by molar-refractivity contribution is 0.414. The molecule has 24 heavy (non-hydrogen) atoms. The molecule has 4 nitrogen and oxygen atoms in total. The third-order valence-corrected chi connectivity index (χ3v) is 3.86. The Morgan fingerprint density at radius 2 is 1.38 bits per heavy atom. The van der Waals surface area contributed by atoms with Crippen molar-refractivity contribution >= 4 is 11.9 Å². The zero-order valence-corrected chi connectivity index (χ0v) is 14.1. The van der Waals surface area contributed by atoms with Crippen LogP contribution in [0.15, 0.2) is 65.7 Å². The molecule has 0 spiro atoms. The summed E-state index contributed by atoms with van der Waals surface area (Å²) in [6, 6.07) is 19.8. The van der Waals surface area contributed by atoms with Crippen LogP contribution in [0.3, 0.4) is 0 Å². The normalized spacial score (nSPS) is 11.0. The molecule has 2 aromatic carbocycles. The monoisotopic (exact) mass is 320 g/mol. The van der Waals surface area contributed by atoms with Crippen LogP contribution in [-0.4, -0.2) is 25.0 Å². The van der Waals surface area contributed by atoms with Crippen LogP contribution in [-0.2, 0) is 0 Å². The second-order valence-corrected chi connectivity index (χ2v) is 5.39. The lowest BCUT2D eigenvalue weighted by atomic mass is 10.3. The largest absolute Gasteiger partial charge is 0.497 e. The van der Waals surface area contributed by atoms with E-state index >= 15 is 0 Å². The van der Waals surface area contributed by atoms with Crippen molar-refractivity contribution in [2.24, 2.45) is 4.99 Å². The van der Waals surface area contributed by atoms with Gasteiger partial charge in [-0.25, -0.2) is 0 Å². The van der Waals surface area contributed by atoms with Crippen LogP contribution in [0.25, 0.3) is 5.69 Å². The predicted octanol–water partition coefficient (Wildman–Crippen LogP) is 4.55. The molecule has 0 unspecified atom stereocenters. The number of rotatable bonds is 5. The molecular weight excluding hydrogens is 300 g/mol. The second kappa shape index (κ2) is 7.04. The Labute approximate surface area is 142 Å². The topological polar surface area (TPSA) is 35.8 Å². The van der Waals surface area contributed by atoms with Gasteiger partial charge >= 0.3 is 0 Å². The van der Waals surface area contributed by atoms with Crippen molar-refractivity contribution in [3.63, 3.8) is 0 Å². The molecule has 3 rings (SSSR count). The van der Waals surface area contributed by atoms with Gasteiger partial charge in [0.2, 0.25) is 0 Å². The van der Waals surface area contributed by atoms with Crippen LogP contribution in [0.4, 0.5) is 5.69 Å². The molecule has 0 aliphatic heterocycles. The lowest BCUT2D eigenvalue weighted by Gasteiger charge is -2.10. The average molecular weight is 320 g/mol. The number of ether oxygens (including phenoxy) is 2. The van der Waals surface area contributed by atoms with E-state index < -0.39 is 0 Å². The minimum atomic E-state index is 0.825. The molecule has 122 valence electrons. The zero-order chi connectivity index (χ0) is 16.9. The maximum atomic E-state index is 5.23. The molecule has 0 fully saturated rings. The van der Waals surface area contributed by atoms with E-state index in [2.05, 4.69) is 28.6 Å². The molecule has 0 aliphatic carbocycles. The Balaban J connectivity index is 1.89. The second-order valence-electron chi connectivity index (χ2n) is 5.39. The minimum Gasteiger partial charge on any atom is -0.497 e. The summed E-state index contributed by atoms with van der Waals surface area (Å²) in [6.45, 7) is 2.08. The summed E-state index contributed by atoms with van der Waals surface area (Å²) in [6.07, 6.45) is 1.87. The fraction of sp³-hybridized carbons (Fsp3) is 0.150. The van der Waals surface area contributed by atoms with Crippen LogP contribution in [0, 0.1) is 6.92 Å². The van der Waals surface area contributed by atoms with Crippen molar-refractivity contribution < 1.29 is 9.47 Å². The molecule has 0 bridgehead atoms. The average Bonchev–Trinajstić information content (AvgIpc) is 3.01. The minimum absolute atomic E-state index is 0.825. The Hall–Kier alpha value is -3.01. The fourth-order valence-corrected chi connectivity index (χ4v) is 2.55. The highest BCUT2D eigenvalue weighted by Gasteiger charge is 2.06. The summed E-state index contributed by atoms with van der Waals surface area (Å²) < 4.78 is 12.5. The van der Waals surface area contributed by atoms with Gasteiger partial charge in [-0.1, -0.05) is 0 Å². The number of nitrogens with zero attached hydrogens (tertiary/aromatic N) is 2. The first-order chi connectivity index (χ1) is 11.7. The Bertz CT molecular complexity index is 831. The summed E-state index contributed by atoms with van der Waals surface area (Å²) in [5.41, 5.74) is 4.13. The van der Waals surface area contributed by atoms with Crippen LogP contribution in [0.2, 0.25) is 0 Å². The van der Waals surface area contributed by atoms with Crippen molar-refractivity contribution in [2.75, 3.05) is 14.2 Å². The van der Waals surface area contributed by atoms with Crippen molar-refractivity contribution in [1.82, 2.24) is 4.57 Å². The van der Waals surface area contributed by atoms with Crippen molar-refractivity contribution in [2.45, 2.75) is 6.92 Å². The maximum Gasteiger partial charge on any atom is 0.119 e. The van der Waals surface area contributed by atoms with Crippen molar-refractivity contribution in [3.05, 3.63) is 72.1 Å². The van der Waals surface area contributed by atoms with E-state index in [1.807, 2.05) is 54.7 Å². The van der Waals surface area contributed by atoms with Crippen LogP contribution >= 0.6 is 0 Å². The number of aromatic nitrogens is 1. The van der Waals surface area contributed by atoms with E-state index in [1.165, 1.54) is 0 Å². The highest BCUT2D eigenvalue weighted by Crippen LogP contribution is 2.21. The fourth-order valence-electron chi connectivity index (χ4n) is 2.55. The molecule has 0 atom stereocenters. The number of hydrogen-bond acceptors (Lipinski definition) is 3. The summed E-state index contributed by atoms with van der Waals surface area (Å²) >= 11 is 0. The van der Waals surface area contributed by atoms with E-state index in [1.54, 1.807) is 14.2 Å². The summed E-state index contributed by atoms with van der Waals surface area (Å²) in [7, 11) is 3.33. The van der Waals surface area contributed by atoms with Crippen LogP contribution < -0.4 is 9.47 Å². The highest BCUT2D eigenvalue weighted by atomic mass is 16.5. The summed E-state index contributed by atoms with van der Waals surface area (Å²) in [5.74, 6) is 1.67. The van der Waals surface area contributed by atoms with Gasteiger partial charge in [-0.3, -0.25) is 4.99 Å². The van der Waals surface area contributed by atoms with Crippen LogP contribution in [0.1, 0.15) is 11.4 Å². The van der Waals surface area contributed by atoms with Gasteiger partial charge in [-0.15, -0.1) is 0 Å². The van der Waals surface area contributed by atoms with E-state index in [-0.39, 0.29) is 0 Å². The summed E-state index contributed by atoms with van der Waals surface area (Å²) in [4.78, 5) is 4.56. The van der Waals surface area contributed by atoms with Gasteiger partial charge in [0, 0.05) is 11.4 Å². The molecule has 0 N–H and O–H groups in total. The van der Waals surface area contributed by atoms with Gasteiger partial charge in [0.25, 0.3) is 0 Å². The summed E-state index contributed by atoms with van der Waals surface area (Å²) in [5, 5.41) is 0. The zero-order valence-electron chi connectivity index (χ0n) is 14.1. The van der Waals surface area contributed by atoms with Gasteiger partial charge in [-0.2, -0.15) is 0 Å². The van der Waals surface area contributed by atoms with Crippen LogP contribution in [0.5, 0.6) is 11.5 Å². The molecule has 3 aromatic rings. The first-order valence-electron chi connectivity index (χ1n) is 7.72. The molecule has 0 amide bonds. The van der Waals surface area contributed by atoms with Gasteiger partial charge in [0.1, 0.15) is 11.5 Å². The Morgan fingerprint density at radius 3 is 1.96 bits per heavy atom. The SMILES string of the molecule is COc1ccc(N=Cc2ccc(C)n2-c2ccc(OC)cc2)cc1. The van der Waals surface area contributed by atoms with Gasteiger partial charge in [0.05, 0.1) is 31.8 Å². The molecule has 0 radical (unpaired) electrons. The number of aliphatic imine (C=N–C) groups is 1. The molecule has 1 heterocycles. The predicted molar refractivity (Wildman–Crippen MR) is 97.3 cm³/mol. The highest BCUT2D eigenvalue weighted by molar-refractivity contribution is 5.81. The lowest BCUT2D eigenvalue weighted by Crippen LogP contribution is -2.01. The molecule has 0 saturated heterocycles. The molecule has 1 aromatic heterocycles. The number of methoxy groups -OCH3 is 2. The van der Waals surface area contributed by atoms with E-state index in [0.717, 1.165) is 34.3 Å². The smallest absolute Gasteiger partial charge is 0.119 e. The van der Waals surface area contributed by atoms with Gasteiger partial charge in [-0.05, 0) is 67.6 Å². The van der Waals surface area contributed by atoms with Gasteiger partial charge in [0.15, 0.2) is 0 Å². The molecular formula is C20H20N2O2. The Kier molecular flexibility index (Phi) is 4.66. The maximum absolute atomic E-state index is 5.23. The third kappa shape index (κ3) is 3.33. The standard InChI is InChI=1S/C20H20N2O2/c1-15-4-7-18(14-21-16-5-10-19(23-2)11-6-16)22(15)17-8-12-20(24-3)13-9-17/h4-14H,1-3H3. The van der Waals surface area contributed by atoms with E-state index in [0.29, 0.717) is 0 Å². The quantitative estimate of drug-likeness (QED) is 0.646. The first-order valence-corrected chi connectivity index (χ1v) is 7.72. The van der Waals surface area contributed by atoms with Crippen molar-refractivity contribution in [3.8, 4) is 17.2 Å². The third-order valence-electron chi connectivity index (χ3n) is 3.86. The van der Waals surface area contributed by atoms with Gasteiger partial charge < -0.3 is 14.0 Å². The van der Waals surface area contributed by atoms with E-state index in [4.69, 9.17) is 9.47 Å².